The number of hydrogen-bond acceptors (Lipinski definition) is 2. The highest BCUT2D eigenvalue weighted by Gasteiger charge is 2.19. The lowest BCUT2D eigenvalue weighted by Crippen LogP contribution is -2.32. The standard InChI is InChI=1S/C16H20N2O/c1-18(12-14-5-3-2-4-6-14)16(19)15-9-7-13(11-17)8-10-15/h7-10,14H,2-6,12H2,1H3. The number of benzene rings is 1. The molecule has 1 aromatic rings. The number of amides is 1. The minimum atomic E-state index is 0.0510. The molecule has 0 heterocycles. The third-order valence-electron chi connectivity index (χ3n) is 3.86. The van der Waals surface area contributed by atoms with Gasteiger partial charge in [-0.2, -0.15) is 5.26 Å². The van der Waals surface area contributed by atoms with Gasteiger partial charge in [0, 0.05) is 19.2 Å². The highest BCUT2D eigenvalue weighted by Crippen LogP contribution is 2.24. The molecule has 0 atom stereocenters. The zero-order valence-electron chi connectivity index (χ0n) is 11.4. The summed E-state index contributed by atoms with van der Waals surface area (Å²) in [5.41, 5.74) is 1.25. The highest BCUT2D eigenvalue weighted by molar-refractivity contribution is 5.94. The molecule has 1 saturated carbocycles. The van der Waals surface area contributed by atoms with E-state index in [0.717, 1.165) is 6.54 Å². The van der Waals surface area contributed by atoms with Crippen molar-refractivity contribution in [3.05, 3.63) is 35.4 Å². The van der Waals surface area contributed by atoms with Crippen LogP contribution in [0.15, 0.2) is 24.3 Å². The largest absolute Gasteiger partial charge is 0.341 e. The minimum absolute atomic E-state index is 0.0510. The van der Waals surface area contributed by atoms with Crippen molar-refractivity contribution >= 4 is 5.91 Å². The number of nitrogens with zero attached hydrogens (tertiary/aromatic N) is 2. The molecule has 0 aliphatic heterocycles. The predicted octanol–water partition coefficient (Wildman–Crippen LogP) is 3.21. The molecule has 0 unspecified atom stereocenters. The van der Waals surface area contributed by atoms with Crippen LogP contribution in [0.2, 0.25) is 0 Å². The molecule has 100 valence electrons. The molecule has 0 N–H and O–H groups in total. The van der Waals surface area contributed by atoms with Crippen molar-refractivity contribution in [1.29, 1.82) is 5.26 Å². The Morgan fingerprint density at radius 2 is 1.89 bits per heavy atom. The second kappa shape index (κ2) is 6.38. The molecule has 2 rings (SSSR count). The second-order valence-electron chi connectivity index (χ2n) is 5.38. The van der Waals surface area contributed by atoms with E-state index in [-0.39, 0.29) is 5.91 Å². The minimum Gasteiger partial charge on any atom is -0.341 e. The van der Waals surface area contributed by atoms with Crippen LogP contribution < -0.4 is 0 Å². The Kier molecular flexibility index (Phi) is 4.57. The molecule has 1 aromatic carbocycles. The van der Waals surface area contributed by atoms with Gasteiger partial charge in [0.1, 0.15) is 0 Å². The Morgan fingerprint density at radius 1 is 1.26 bits per heavy atom. The van der Waals surface area contributed by atoms with Crippen molar-refractivity contribution in [2.24, 2.45) is 5.92 Å². The Bertz CT molecular complexity index is 467. The molecule has 3 nitrogen and oxygen atoms in total. The smallest absolute Gasteiger partial charge is 0.253 e. The van der Waals surface area contributed by atoms with Gasteiger partial charge < -0.3 is 4.90 Å². The van der Waals surface area contributed by atoms with E-state index < -0.39 is 0 Å². The van der Waals surface area contributed by atoms with Gasteiger partial charge in [0.2, 0.25) is 0 Å². The van der Waals surface area contributed by atoms with Crippen LogP contribution in [0.5, 0.6) is 0 Å². The summed E-state index contributed by atoms with van der Waals surface area (Å²) in [6.45, 7) is 0.846. The lowest BCUT2D eigenvalue weighted by atomic mass is 9.89. The zero-order chi connectivity index (χ0) is 13.7. The van der Waals surface area contributed by atoms with Crippen molar-refractivity contribution in [2.45, 2.75) is 32.1 Å². The van der Waals surface area contributed by atoms with Gasteiger partial charge in [0.15, 0.2) is 0 Å². The first-order valence-corrected chi connectivity index (χ1v) is 6.96. The second-order valence-corrected chi connectivity index (χ2v) is 5.38. The van der Waals surface area contributed by atoms with Crippen LogP contribution in [0.4, 0.5) is 0 Å². The number of rotatable bonds is 3. The lowest BCUT2D eigenvalue weighted by molar-refractivity contribution is 0.0760. The molecule has 0 radical (unpaired) electrons. The maximum atomic E-state index is 12.3. The monoisotopic (exact) mass is 256 g/mol. The first kappa shape index (κ1) is 13.6. The van der Waals surface area contributed by atoms with Crippen LogP contribution in [-0.4, -0.2) is 24.4 Å². The number of hydrogen-bond donors (Lipinski definition) is 0. The van der Waals surface area contributed by atoms with Crippen LogP contribution in [0.25, 0.3) is 0 Å². The van der Waals surface area contributed by atoms with Crippen LogP contribution >= 0.6 is 0 Å². The van der Waals surface area contributed by atoms with Gasteiger partial charge in [-0.05, 0) is 43.0 Å². The van der Waals surface area contributed by atoms with E-state index in [1.54, 1.807) is 24.3 Å². The summed E-state index contributed by atoms with van der Waals surface area (Å²) in [4.78, 5) is 14.1. The van der Waals surface area contributed by atoms with Crippen molar-refractivity contribution in [1.82, 2.24) is 4.90 Å². The SMILES string of the molecule is CN(CC1CCCCC1)C(=O)c1ccc(C#N)cc1. The van der Waals surface area contributed by atoms with Gasteiger partial charge in [-0.15, -0.1) is 0 Å². The summed E-state index contributed by atoms with van der Waals surface area (Å²) in [6, 6.07) is 8.92. The molecule has 3 heteroatoms. The Hall–Kier alpha value is -1.82. The maximum absolute atomic E-state index is 12.3. The fourth-order valence-electron chi connectivity index (χ4n) is 2.75. The fourth-order valence-corrected chi connectivity index (χ4v) is 2.75. The van der Waals surface area contributed by atoms with Crippen molar-refractivity contribution in [2.75, 3.05) is 13.6 Å². The van der Waals surface area contributed by atoms with E-state index in [4.69, 9.17) is 5.26 Å². The average molecular weight is 256 g/mol. The highest BCUT2D eigenvalue weighted by atomic mass is 16.2. The van der Waals surface area contributed by atoms with Gasteiger partial charge >= 0.3 is 0 Å². The van der Waals surface area contributed by atoms with Crippen LogP contribution in [0.1, 0.15) is 48.0 Å². The molecule has 1 aliphatic carbocycles. The van der Waals surface area contributed by atoms with Crippen LogP contribution in [-0.2, 0) is 0 Å². The van der Waals surface area contributed by atoms with Gasteiger partial charge in [0.25, 0.3) is 5.91 Å². The third kappa shape index (κ3) is 3.57. The summed E-state index contributed by atoms with van der Waals surface area (Å²) < 4.78 is 0. The van der Waals surface area contributed by atoms with Gasteiger partial charge in [-0.1, -0.05) is 19.3 Å². The lowest BCUT2D eigenvalue weighted by Gasteiger charge is -2.27. The zero-order valence-corrected chi connectivity index (χ0v) is 11.4. The molecule has 1 amide bonds. The van der Waals surface area contributed by atoms with E-state index in [1.165, 1.54) is 32.1 Å². The van der Waals surface area contributed by atoms with E-state index in [0.29, 0.717) is 17.0 Å². The van der Waals surface area contributed by atoms with Crippen molar-refractivity contribution in [3.63, 3.8) is 0 Å². The van der Waals surface area contributed by atoms with Gasteiger partial charge in [0.05, 0.1) is 11.6 Å². The molecule has 1 aliphatic rings. The number of nitriles is 1. The summed E-state index contributed by atoms with van der Waals surface area (Å²) in [6.07, 6.45) is 6.41. The summed E-state index contributed by atoms with van der Waals surface area (Å²) >= 11 is 0. The third-order valence-corrected chi connectivity index (χ3v) is 3.86. The quantitative estimate of drug-likeness (QED) is 0.833. The van der Waals surface area contributed by atoms with Crippen LogP contribution in [0.3, 0.4) is 0 Å². The summed E-state index contributed by atoms with van der Waals surface area (Å²) in [7, 11) is 1.87. The van der Waals surface area contributed by atoms with E-state index in [1.807, 2.05) is 11.9 Å². The van der Waals surface area contributed by atoms with E-state index >= 15 is 0 Å². The molecule has 0 spiro atoms. The normalized spacial score (nSPS) is 15.8. The average Bonchev–Trinajstić information content (AvgIpc) is 2.47. The van der Waals surface area contributed by atoms with Gasteiger partial charge in [-0.25, -0.2) is 0 Å². The van der Waals surface area contributed by atoms with E-state index in [9.17, 15) is 4.79 Å². The predicted molar refractivity (Wildman–Crippen MR) is 74.7 cm³/mol. The molecule has 19 heavy (non-hydrogen) atoms. The van der Waals surface area contributed by atoms with E-state index in [2.05, 4.69) is 6.07 Å². The molecule has 1 fully saturated rings. The molecular formula is C16H20N2O. The molecule has 0 saturated heterocycles. The molecule has 0 bridgehead atoms. The number of carbonyl (C=O) groups is 1. The maximum Gasteiger partial charge on any atom is 0.253 e. The topological polar surface area (TPSA) is 44.1 Å². The van der Waals surface area contributed by atoms with Gasteiger partial charge in [-0.3, -0.25) is 4.79 Å². The Balaban J connectivity index is 1.95. The summed E-state index contributed by atoms with van der Waals surface area (Å²) in [5, 5.41) is 8.75. The Labute approximate surface area is 114 Å². The Morgan fingerprint density at radius 3 is 2.47 bits per heavy atom. The fraction of sp³-hybridized carbons (Fsp3) is 0.500. The van der Waals surface area contributed by atoms with Crippen molar-refractivity contribution < 1.29 is 4.79 Å². The number of carbonyl (C=O) groups excluding carboxylic acids is 1. The first-order chi connectivity index (χ1) is 9.20. The molecular weight excluding hydrogens is 236 g/mol. The van der Waals surface area contributed by atoms with Crippen LogP contribution in [0, 0.1) is 17.2 Å². The van der Waals surface area contributed by atoms with Crippen molar-refractivity contribution in [3.8, 4) is 6.07 Å². The summed E-state index contributed by atoms with van der Waals surface area (Å²) in [5.74, 6) is 0.705. The first-order valence-electron chi connectivity index (χ1n) is 6.96. The molecule has 0 aromatic heterocycles.